The van der Waals surface area contributed by atoms with Gasteiger partial charge in [-0.15, -0.1) is 0 Å². The van der Waals surface area contributed by atoms with Crippen LogP contribution in [-0.2, 0) is 10.7 Å². The molecule has 17 heavy (non-hydrogen) atoms. The summed E-state index contributed by atoms with van der Waals surface area (Å²) in [4.78, 5) is 3.86. The second-order valence-electron chi connectivity index (χ2n) is 4.09. The Morgan fingerprint density at radius 3 is 2.65 bits per heavy atom. The number of nitrogens with zero attached hydrogens (tertiary/aromatic N) is 1. The van der Waals surface area contributed by atoms with E-state index in [9.17, 15) is 10.2 Å². The third-order valence-electron chi connectivity index (χ3n) is 2.83. The summed E-state index contributed by atoms with van der Waals surface area (Å²) in [5.74, 6) is -2.01. The van der Waals surface area contributed by atoms with E-state index in [2.05, 4.69) is 4.98 Å². The lowest BCUT2D eigenvalue weighted by atomic mass is 9.96. The van der Waals surface area contributed by atoms with Gasteiger partial charge in [0.15, 0.2) is 5.75 Å². The van der Waals surface area contributed by atoms with Crippen molar-refractivity contribution in [1.29, 1.82) is 0 Å². The van der Waals surface area contributed by atoms with Crippen LogP contribution in [0.5, 0.6) is 5.75 Å². The zero-order chi connectivity index (χ0) is 12.5. The van der Waals surface area contributed by atoms with Crippen molar-refractivity contribution in [3.63, 3.8) is 0 Å². The minimum atomic E-state index is -2.40. The summed E-state index contributed by atoms with van der Waals surface area (Å²) in [6.45, 7) is 0. The largest absolute Gasteiger partial charge is 0.493 e. The van der Waals surface area contributed by atoms with Crippen LogP contribution < -0.4 is 10.5 Å². The van der Waals surface area contributed by atoms with E-state index in [0.29, 0.717) is 5.75 Å². The summed E-state index contributed by atoms with van der Waals surface area (Å²) in [6.07, 6.45) is 3.90. The van der Waals surface area contributed by atoms with Crippen molar-refractivity contribution >= 4 is 5.69 Å². The predicted octanol–water partition coefficient (Wildman–Crippen LogP) is 0.336. The third kappa shape index (κ3) is 2.49. The predicted molar refractivity (Wildman–Crippen MR) is 60.0 cm³/mol. The first kappa shape index (κ1) is 12.1. The highest BCUT2D eigenvalue weighted by molar-refractivity contribution is 5.51. The van der Waals surface area contributed by atoms with Crippen molar-refractivity contribution in [3.05, 3.63) is 18.0 Å². The number of ether oxygens (including phenoxy) is 2. The van der Waals surface area contributed by atoms with Crippen LogP contribution in [0.2, 0.25) is 0 Å². The number of aliphatic hydroxyl groups is 2. The molecular weight excluding hydrogens is 224 g/mol. The van der Waals surface area contributed by atoms with Crippen molar-refractivity contribution in [1.82, 2.24) is 4.98 Å². The van der Waals surface area contributed by atoms with Crippen LogP contribution in [0.15, 0.2) is 12.3 Å². The molecule has 0 amide bonds. The molecule has 1 aromatic heterocycles. The normalized spacial score (nSPS) is 16.6. The molecule has 1 heterocycles. The fourth-order valence-electron chi connectivity index (χ4n) is 1.59. The Morgan fingerprint density at radius 1 is 1.47 bits per heavy atom. The number of pyridine rings is 1. The Kier molecular flexibility index (Phi) is 3.19. The summed E-state index contributed by atoms with van der Waals surface area (Å²) >= 11 is 0. The van der Waals surface area contributed by atoms with Gasteiger partial charge in [-0.1, -0.05) is 0 Å². The quantitative estimate of drug-likeness (QED) is 0.656. The molecule has 1 saturated carbocycles. The van der Waals surface area contributed by atoms with Crippen LogP contribution in [0.3, 0.4) is 0 Å². The number of hydrogen-bond acceptors (Lipinski definition) is 6. The summed E-state index contributed by atoms with van der Waals surface area (Å²) in [6, 6.07) is 1.33. The van der Waals surface area contributed by atoms with Crippen LogP contribution in [0.25, 0.3) is 0 Å². The summed E-state index contributed by atoms with van der Waals surface area (Å²) in [5, 5.41) is 19.6. The summed E-state index contributed by atoms with van der Waals surface area (Å²) in [5.41, 5.74) is 5.90. The number of aromatic nitrogens is 1. The molecule has 94 valence electrons. The Hall–Kier alpha value is -1.37. The molecule has 0 saturated heterocycles. The molecule has 0 unspecified atom stereocenters. The lowest BCUT2D eigenvalue weighted by molar-refractivity contribution is -0.375. The fraction of sp³-hybridized carbons (Fsp3) is 0.545. The third-order valence-corrected chi connectivity index (χ3v) is 2.83. The summed E-state index contributed by atoms with van der Waals surface area (Å²) in [7, 11) is 1.46. The summed E-state index contributed by atoms with van der Waals surface area (Å²) < 4.78 is 10.1. The van der Waals surface area contributed by atoms with E-state index >= 15 is 0 Å². The molecule has 6 heteroatoms. The van der Waals surface area contributed by atoms with E-state index < -0.39 is 5.97 Å². The molecule has 6 nitrogen and oxygen atoms in total. The number of rotatable bonds is 4. The van der Waals surface area contributed by atoms with E-state index in [-0.39, 0.29) is 17.5 Å². The molecule has 0 aliphatic heterocycles. The molecule has 1 aromatic rings. The smallest absolute Gasteiger partial charge is 0.325 e. The minimum Gasteiger partial charge on any atom is -0.493 e. The van der Waals surface area contributed by atoms with Crippen molar-refractivity contribution in [2.75, 3.05) is 12.8 Å². The highest BCUT2D eigenvalue weighted by Crippen LogP contribution is 2.31. The number of methoxy groups -OCH3 is 1. The molecule has 0 aromatic carbocycles. The zero-order valence-corrected chi connectivity index (χ0v) is 9.59. The Labute approximate surface area is 99.0 Å². The van der Waals surface area contributed by atoms with Gasteiger partial charge in [0.2, 0.25) is 0 Å². The molecule has 1 fully saturated rings. The Balaban J connectivity index is 2.16. The van der Waals surface area contributed by atoms with Gasteiger partial charge in [0.25, 0.3) is 0 Å². The molecule has 2 rings (SSSR count). The highest BCUT2D eigenvalue weighted by Gasteiger charge is 2.35. The van der Waals surface area contributed by atoms with Crippen LogP contribution in [-0.4, -0.2) is 28.4 Å². The molecule has 0 atom stereocenters. The van der Waals surface area contributed by atoms with Gasteiger partial charge in [0, 0.05) is 0 Å². The first-order valence-corrected chi connectivity index (χ1v) is 5.45. The standard InChI is InChI=1S/C11H16N2O4/c1-16-9-6-13-10(5-8(9)12)11(14,15)17-7-3-2-4-7/h5-7,14-15H,2-4H2,1H3,(H2,12,13). The van der Waals surface area contributed by atoms with Gasteiger partial charge in [0.05, 0.1) is 25.1 Å². The molecule has 0 radical (unpaired) electrons. The first-order chi connectivity index (χ1) is 8.03. The molecule has 1 aliphatic rings. The Morgan fingerprint density at radius 2 is 2.18 bits per heavy atom. The van der Waals surface area contributed by atoms with Gasteiger partial charge in [-0.3, -0.25) is 0 Å². The van der Waals surface area contributed by atoms with Crippen molar-refractivity contribution < 1.29 is 19.7 Å². The van der Waals surface area contributed by atoms with E-state index in [0.717, 1.165) is 19.3 Å². The second-order valence-corrected chi connectivity index (χ2v) is 4.09. The SMILES string of the molecule is COc1cnc(C(O)(O)OC2CCC2)cc1N. The average Bonchev–Trinajstić information content (AvgIpc) is 2.23. The van der Waals surface area contributed by atoms with Gasteiger partial charge in [-0.2, -0.15) is 0 Å². The first-order valence-electron chi connectivity index (χ1n) is 5.45. The minimum absolute atomic E-state index is 0.0392. The van der Waals surface area contributed by atoms with E-state index in [4.69, 9.17) is 15.2 Å². The Bertz CT molecular complexity index is 404. The van der Waals surface area contributed by atoms with Crippen LogP contribution in [0, 0.1) is 0 Å². The average molecular weight is 240 g/mol. The van der Waals surface area contributed by atoms with Gasteiger partial charge in [0.1, 0.15) is 5.69 Å². The van der Waals surface area contributed by atoms with Crippen molar-refractivity contribution in [2.45, 2.75) is 31.3 Å². The number of hydrogen-bond donors (Lipinski definition) is 3. The van der Waals surface area contributed by atoms with Gasteiger partial charge in [-0.25, -0.2) is 4.98 Å². The van der Waals surface area contributed by atoms with Gasteiger partial charge >= 0.3 is 5.97 Å². The zero-order valence-electron chi connectivity index (χ0n) is 9.59. The van der Waals surface area contributed by atoms with Crippen LogP contribution >= 0.6 is 0 Å². The van der Waals surface area contributed by atoms with Crippen molar-refractivity contribution in [2.24, 2.45) is 0 Å². The fourth-order valence-corrected chi connectivity index (χ4v) is 1.59. The lowest BCUT2D eigenvalue weighted by Gasteiger charge is -2.32. The van der Waals surface area contributed by atoms with Gasteiger partial charge in [-0.05, 0) is 25.3 Å². The lowest BCUT2D eigenvalue weighted by Crippen LogP contribution is -2.37. The maximum absolute atomic E-state index is 9.78. The number of nitrogen functional groups attached to an aromatic ring is 1. The monoisotopic (exact) mass is 240 g/mol. The highest BCUT2D eigenvalue weighted by atomic mass is 16.8. The molecule has 4 N–H and O–H groups in total. The second kappa shape index (κ2) is 4.48. The maximum atomic E-state index is 9.78. The van der Waals surface area contributed by atoms with E-state index in [1.54, 1.807) is 0 Å². The number of nitrogens with two attached hydrogens (primary N) is 1. The van der Waals surface area contributed by atoms with E-state index in [1.165, 1.54) is 19.4 Å². The maximum Gasteiger partial charge on any atom is 0.325 e. The topological polar surface area (TPSA) is 97.8 Å². The van der Waals surface area contributed by atoms with E-state index in [1.807, 2.05) is 0 Å². The molecular formula is C11H16N2O4. The molecule has 0 bridgehead atoms. The van der Waals surface area contributed by atoms with Crippen LogP contribution in [0.4, 0.5) is 5.69 Å². The van der Waals surface area contributed by atoms with Crippen LogP contribution in [0.1, 0.15) is 25.0 Å². The molecule has 1 aliphatic carbocycles. The van der Waals surface area contributed by atoms with Crippen molar-refractivity contribution in [3.8, 4) is 5.75 Å². The van der Waals surface area contributed by atoms with Gasteiger partial charge < -0.3 is 25.4 Å². The molecule has 0 spiro atoms. The number of anilines is 1.